The second-order valence-electron chi connectivity index (χ2n) is 8.92. The van der Waals surface area contributed by atoms with Crippen molar-refractivity contribution in [1.29, 1.82) is 10.8 Å². The first-order valence-electron chi connectivity index (χ1n) is 10.8. The fourth-order valence-corrected chi connectivity index (χ4v) is 4.54. The van der Waals surface area contributed by atoms with Crippen LogP contribution in [0.15, 0.2) is 48.2 Å². The van der Waals surface area contributed by atoms with Gasteiger partial charge < -0.3 is 26.8 Å². The highest BCUT2D eigenvalue weighted by Crippen LogP contribution is 2.34. The summed E-state index contributed by atoms with van der Waals surface area (Å²) in [5.74, 6) is 0.539. The molecule has 1 atom stereocenters. The van der Waals surface area contributed by atoms with Crippen LogP contribution in [0.2, 0.25) is 0 Å². The predicted molar refractivity (Wildman–Crippen MR) is 129 cm³/mol. The molecule has 3 rings (SSSR count). The topological polar surface area (TPSA) is 106 Å². The second kappa shape index (κ2) is 9.77. The maximum absolute atomic E-state index is 13.0. The van der Waals surface area contributed by atoms with Gasteiger partial charge in [-0.3, -0.25) is 4.79 Å². The van der Waals surface area contributed by atoms with Crippen LogP contribution in [-0.4, -0.2) is 41.9 Å². The lowest BCUT2D eigenvalue weighted by Crippen LogP contribution is -2.42. The van der Waals surface area contributed by atoms with E-state index in [0.717, 1.165) is 54.7 Å². The average Bonchev–Trinajstić information content (AvgIpc) is 3.08. The Bertz CT molecular complexity index is 941. The average molecular weight is 420 g/mol. The molecule has 1 aliphatic heterocycles. The Morgan fingerprint density at radius 1 is 1.32 bits per heavy atom. The lowest BCUT2D eigenvalue weighted by Gasteiger charge is -2.31. The Morgan fingerprint density at radius 2 is 2.13 bits per heavy atom. The second-order valence-corrected chi connectivity index (χ2v) is 8.92. The lowest BCUT2D eigenvalue weighted by atomic mass is 9.95. The van der Waals surface area contributed by atoms with Gasteiger partial charge in [0.05, 0.1) is 6.42 Å². The molecule has 0 spiro atoms. The van der Waals surface area contributed by atoms with Crippen molar-refractivity contribution >= 4 is 29.6 Å². The van der Waals surface area contributed by atoms with E-state index in [1.807, 2.05) is 23.1 Å². The number of hydrogen-bond donors (Lipinski definition) is 4. The largest absolute Gasteiger partial charge is 0.404 e. The van der Waals surface area contributed by atoms with E-state index in [0.29, 0.717) is 17.9 Å². The van der Waals surface area contributed by atoms with Crippen molar-refractivity contribution in [2.24, 2.45) is 11.7 Å². The number of anilines is 1. The molecule has 6 nitrogen and oxygen atoms in total. The number of allylic oxidation sites excluding steroid dienone is 4. The first kappa shape index (κ1) is 22.5. The van der Waals surface area contributed by atoms with E-state index in [-0.39, 0.29) is 11.4 Å². The molecule has 0 aromatic heterocycles. The number of nitrogens with one attached hydrogen (secondary N) is 3. The molecule has 1 aromatic rings. The van der Waals surface area contributed by atoms with Crippen LogP contribution >= 0.6 is 0 Å². The van der Waals surface area contributed by atoms with Gasteiger partial charge in [0, 0.05) is 54.1 Å². The van der Waals surface area contributed by atoms with Crippen molar-refractivity contribution in [2.45, 2.75) is 45.1 Å². The molecule has 0 saturated carbocycles. The zero-order valence-corrected chi connectivity index (χ0v) is 18.4. The minimum atomic E-state index is -0.165. The van der Waals surface area contributed by atoms with Gasteiger partial charge >= 0.3 is 0 Å². The Hall–Kier alpha value is -3.15. The van der Waals surface area contributed by atoms with E-state index in [1.54, 1.807) is 0 Å². The summed E-state index contributed by atoms with van der Waals surface area (Å²) in [7, 11) is 0. The van der Waals surface area contributed by atoms with Crippen molar-refractivity contribution in [3.8, 4) is 0 Å². The number of likely N-dealkylation sites (tertiary alicyclic amines) is 1. The number of rotatable bonds is 8. The van der Waals surface area contributed by atoms with E-state index in [9.17, 15) is 4.79 Å². The molecule has 1 heterocycles. The molecule has 0 bridgehead atoms. The first-order valence-corrected chi connectivity index (χ1v) is 10.8. The molecule has 1 amide bonds. The van der Waals surface area contributed by atoms with Crippen molar-refractivity contribution in [1.82, 2.24) is 4.90 Å². The van der Waals surface area contributed by atoms with Crippen LogP contribution in [0.3, 0.4) is 0 Å². The Morgan fingerprint density at radius 3 is 2.77 bits per heavy atom. The number of carbonyl (C=O) groups excluding carboxylic acids is 1. The van der Waals surface area contributed by atoms with Gasteiger partial charge in [0.15, 0.2) is 0 Å². The third kappa shape index (κ3) is 5.32. The highest BCUT2D eigenvalue weighted by molar-refractivity contribution is 6.08. The summed E-state index contributed by atoms with van der Waals surface area (Å²) >= 11 is 0. The maximum Gasteiger partial charge on any atom is 0.227 e. The Kier molecular flexibility index (Phi) is 7.10. The van der Waals surface area contributed by atoms with Gasteiger partial charge in [0.2, 0.25) is 5.91 Å². The van der Waals surface area contributed by atoms with E-state index >= 15 is 0 Å². The highest BCUT2D eigenvalue weighted by Gasteiger charge is 2.40. The summed E-state index contributed by atoms with van der Waals surface area (Å²) in [6.07, 6.45) is 13.8. The summed E-state index contributed by atoms with van der Waals surface area (Å²) in [4.78, 5) is 15.0. The molecule has 31 heavy (non-hydrogen) atoms. The molecular weight excluding hydrogens is 386 g/mol. The summed E-state index contributed by atoms with van der Waals surface area (Å²) in [6, 6.07) is 5.69. The molecule has 1 aliphatic carbocycles. The van der Waals surface area contributed by atoms with Gasteiger partial charge in [-0.2, -0.15) is 0 Å². The van der Waals surface area contributed by atoms with Gasteiger partial charge in [-0.05, 0) is 62.3 Å². The molecule has 2 aliphatic rings. The molecule has 164 valence electrons. The van der Waals surface area contributed by atoms with Crippen molar-refractivity contribution in [2.75, 3.05) is 18.4 Å². The van der Waals surface area contributed by atoms with Crippen LogP contribution in [0.5, 0.6) is 0 Å². The lowest BCUT2D eigenvalue weighted by molar-refractivity contribution is -0.133. The van der Waals surface area contributed by atoms with E-state index in [2.05, 4.69) is 37.4 Å². The maximum atomic E-state index is 13.0. The van der Waals surface area contributed by atoms with E-state index < -0.39 is 0 Å². The van der Waals surface area contributed by atoms with Gasteiger partial charge in [-0.25, -0.2) is 0 Å². The first-order chi connectivity index (χ1) is 14.9. The Labute approximate surface area is 184 Å². The number of nitrogens with zero attached hydrogens (tertiary/aromatic N) is 1. The number of amides is 1. The van der Waals surface area contributed by atoms with Crippen LogP contribution in [0.4, 0.5) is 5.69 Å². The zero-order valence-electron chi connectivity index (χ0n) is 18.4. The normalized spacial score (nSPS) is 20.3. The van der Waals surface area contributed by atoms with Crippen LogP contribution < -0.4 is 11.1 Å². The Balaban J connectivity index is 1.64. The van der Waals surface area contributed by atoms with Crippen molar-refractivity contribution in [3.63, 3.8) is 0 Å². The third-order valence-electron chi connectivity index (χ3n) is 6.14. The fraction of sp³-hybridized carbons (Fsp3) is 0.400. The smallest absolute Gasteiger partial charge is 0.227 e. The minimum absolute atomic E-state index is 0.165. The summed E-state index contributed by atoms with van der Waals surface area (Å²) < 4.78 is 0. The predicted octanol–water partition coefficient (Wildman–Crippen LogP) is 4.34. The molecule has 0 radical (unpaired) electrons. The third-order valence-corrected chi connectivity index (χ3v) is 6.14. The van der Waals surface area contributed by atoms with Crippen LogP contribution in [-0.2, 0) is 4.79 Å². The molecule has 1 unspecified atom stereocenters. The highest BCUT2D eigenvalue weighted by atomic mass is 16.2. The van der Waals surface area contributed by atoms with Crippen molar-refractivity contribution in [3.05, 3.63) is 59.3 Å². The summed E-state index contributed by atoms with van der Waals surface area (Å²) in [6.45, 7) is 5.76. The summed E-state index contributed by atoms with van der Waals surface area (Å²) in [5, 5.41) is 18.7. The molecule has 6 heteroatoms. The quantitative estimate of drug-likeness (QED) is 0.471. The van der Waals surface area contributed by atoms with Gasteiger partial charge in [0.1, 0.15) is 0 Å². The number of carbonyl (C=O) groups is 1. The monoisotopic (exact) mass is 419 g/mol. The van der Waals surface area contributed by atoms with Crippen LogP contribution in [0.25, 0.3) is 5.57 Å². The SMILES string of the molecule is CC1(C)CC(CNc2ccc(/C(C=N)=C/N)cc2C=N)CN1C(=O)CC1=CCCC=C1. The standard InChI is InChI=1S/C25H33N5O/c1-25(2)12-19(17-30(25)24(31)10-18-6-4-3-5-7-18)16-29-23-9-8-20(11-21(23)13-26)22(14-27)15-28/h4,6-9,11,13-15,19,26-27,29H,3,5,10,12,16-17,28H2,1-2H3/b22-15+,26-13?,27-14?. The van der Waals surface area contributed by atoms with Crippen LogP contribution in [0, 0.1) is 16.7 Å². The molecule has 1 aromatic carbocycles. The van der Waals surface area contributed by atoms with Gasteiger partial charge in [-0.1, -0.05) is 24.3 Å². The van der Waals surface area contributed by atoms with Gasteiger partial charge in [-0.15, -0.1) is 0 Å². The number of hydrogen-bond acceptors (Lipinski definition) is 5. The number of benzene rings is 1. The van der Waals surface area contributed by atoms with Gasteiger partial charge in [0.25, 0.3) is 0 Å². The van der Waals surface area contributed by atoms with E-state index in [1.165, 1.54) is 18.6 Å². The zero-order chi connectivity index (χ0) is 22.4. The van der Waals surface area contributed by atoms with Crippen molar-refractivity contribution < 1.29 is 4.79 Å². The summed E-state index contributed by atoms with van der Waals surface area (Å²) in [5.41, 5.74) is 9.59. The minimum Gasteiger partial charge on any atom is -0.404 e. The number of nitrogens with two attached hydrogens (primary N) is 1. The molecule has 5 N–H and O–H groups in total. The fourth-order valence-electron chi connectivity index (χ4n) is 4.54. The molecule has 1 fully saturated rings. The van der Waals surface area contributed by atoms with E-state index in [4.69, 9.17) is 16.6 Å². The molecular formula is C25H33N5O. The van der Waals surface area contributed by atoms with Crippen LogP contribution in [0.1, 0.15) is 50.7 Å². The molecule has 1 saturated heterocycles.